The Balaban J connectivity index is 0.000000215. The van der Waals surface area contributed by atoms with Gasteiger partial charge in [-0.1, -0.05) is 41.3 Å². The largest absolute Gasteiger partial charge is 0.486 e. The number of benzene rings is 3. The van der Waals surface area contributed by atoms with Crippen molar-refractivity contribution >= 4 is 33.0 Å². The first-order chi connectivity index (χ1) is 21.5. The Morgan fingerprint density at radius 1 is 0.689 bits per heavy atom. The predicted molar refractivity (Wildman–Crippen MR) is 177 cm³/mol. The van der Waals surface area contributed by atoms with Crippen LogP contribution in [-0.2, 0) is 20.1 Å². The summed E-state index contributed by atoms with van der Waals surface area (Å²) in [5, 5.41) is 3.15. The Morgan fingerprint density at radius 2 is 1.58 bits per heavy atom. The van der Waals surface area contributed by atoms with Crippen LogP contribution < -0.4 is 0 Å². The van der Waals surface area contributed by atoms with Crippen molar-refractivity contribution < 1.29 is 24.5 Å². The van der Waals surface area contributed by atoms with Crippen LogP contribution in [0, 0.1) is 32.9 Å². The van der Waals surface area contributed by atoms with Crippen molar-refractivity contribution in [1.82, 2.24) is 19.9 Å². The Bertz CT molecular complexity index is 2260. The molecule has 45 heavy (non-hydrogen) atoms. The number of aryl methyl sites for hydroxylation is 3. The molecule has 0 unspecified atom stereocenters. The summed E-state index contributed by atoms with van der Waals surface area (Å²) in [6, 6.07) is 38.9. The molecule has 0 amide bonds. The Morgan fingerprint density at radius 3 is 2.40 bits per heavy atom. The summed E-state index contributed by atoms with van der Waals surface area (Å²) in [6.45, 7) is 6.08. The molecular formula is C39H28IrN4O-2. The first-order valence-electron chi connectivity index (χ1n) is 14.5. The van der Waals surface area contributed by atoms with Crippen LogP contribution in [0.2, 0.25) is 0 Å². The molecule has 0 saturated carbocycles. The number of furan rings is 1. The van der Waals surface area contributed by atoms with E-state index in [0.717, 1.165) is 72.2 Å². The number of pyridine rings is 4. The monoisotopic (exact) mass is 761 g/mol. The van der Waals surface area contributed by atoms with E-state index < -0.39 is 0 Å². The summed E-state index contributed by atoms with van der Waals surface area (Å²) < 4.78 is 6.16. The minimum Gasteiger partial charge on any atom is -0.486 e. The van der Waals surface area contributed by atoms with E-state index in [4.69, 9.17) is 9.40 Å². The maximum absolute atomic E-state index is 6.16. The molecule has 1 radical (unpaired) electrons. The summed E-state index contributed by atoms with van der Waals surface area (Å²) in [6.07, 6.45) is 5.60. The fourth-order valence-corrected chi connectivity index (χ4v) is 5.30. The molecule has 0 saturated heterocycles. The molecule has 0 aliphatic rings. The number of nitrogens with zero attached hydrogens (tertiary/aromatic N) is 4. The van der Waals surface area contributed by atoms with Gasteiger partial charge in [-0.05, 0) is 84.7 Å². The topological polar surface area (TPSA) is 64.7 Å². The molecule has 0 fully saturated rings. The first-order valence-corrected chi connectivity index (χ1v) is 14.5. The van der Waals surface area contributed by atoms with Gasteiger partial charge in [-0.2, -0.15) is 0 Å². The molecule has 5 nitrogen and oxygen atoms in total. The normalized spacial score (nSPS) is 10.8. The second kappa shape index (κ2) is 12.9. The smallest absolute Gasteiger partial charge is 0.216 e. The van der Waals surface area contributed by atoms with Crippen LogP contribution in [0.15, 0.2) is 120 Å². The minimum atomic E-state index is 0. The van der Waals surface area contributed by atoms with Gasteiger partial charge in [-0.15, -0.1) is 54.1 Å². The summed E-state index contributed by atoms with van der Waals surface area (Å²) in [5.41, 5.74) is 11.6. The van der Waals surface area contributed by atoms with Crippen LogP contribution in [0.4, 0.5) is 0 Å². The van der Waals surface area contributed by atoms with E-state index in [1.54, 1.807) is 0 Å². The molecule has 0 aliphatic carbocycles. The fraction of sp³-hybridized carbons (Fsp3) is 0.0769. The number of hydrogen-bond donors (Lipinski definition) is 0. The van der Waals surface area contributed by atoms with Crippen molar-refractivity contribution in [2.45, 2.75) is 20.8 Å². The van der Waals surface area contributed by atoms with Crippen molar-refractivity contribution in [3.63, 3.8) is 0 Å². The number of aromatic nitrogens is 4. The van der Waals surface area contributed by atoms with E-state index >= 15 is 0 Å². The Hall–Kier alpha value is -5.03. The molecule has 8 rings (SSSR count). The molecule has 0 atom stereocenters. The summed E-state index contributed by atoms with van der Waals surface area (Å²) in [4.78, 5) is 18.0. The zero-order valence-corrected chi connectivity index (χ0v) is 27.4. The van der Waals surface area contributed by atoms with E-state index in [1.807, 2.05) is 87.0 Å². The zero-order chi connectivity index (χ0) is 30.0. The quantitative estimate of drug-likeness (QED) is 0.168. The maximum Gasteiger partial charge on any atom is 0.216 e. The third kappa shape index (κ3) is 6.16. The molecule has 6 heteroatoms. The van der Waals surface area contributed by atoms with Crippen molar-refractivity contribution in [3.05, 3.63) is 145 Å². The molecular weight excluding hydrogens is 733 g/mol. The van der Waals surface area contributed by atoms with Crippen LogP contribution in [0.3, 0.4) is 0 Å². The van der Waals surface area contributed by atoms with Crippen LogP contribution in [0.5, 0.6) is 0 Å². The van der Waals surface area contributed by atoms with Crippen LogP contribution >= 0.6 is 0 Å². The third-order valence-electron chi connectivity index (χ3n) is 7.61. The van der Waals surface area contributed by atoms with E-state index in [1.165, 1.54) is 5.56 Å². The number of rotatable bonds is 3. The zero-order valence-electron chi connectivity index (χ0n) is 25.0. The van der Waals surface area contributed by atoms with Crippen molar-refractivity contribution in [3.8, 4) is 33.6 Å². The van der Waals surface area contributed by atoms with Gasteiger partial charge in [0.25, 0.3) is 0 Å². The molecule has 0 aliphatic heterocycles. The molecule has 221 valence electrons. The molecule has 0 bridgehead atoms. The molecule has 0 spiro atoms. The van der Waals surface area contributed by atoms with E-state index in [0.29, 0.717) is 5.71 Å². The van der Waals surface area contributed by atoms with Crippen molar-refractivity contribution in [2.75, 3.05) is 0 Å². The first kappa shape index (κ1) is 30.0. The Labute approximate surface area is 275 Å². The molecule has 5 aromatic heterocycles. The second-order valence-electron chi connectivity index (χ2n) is 10.8. The van der Waals surface area contributed by atoms with Crippen LogP contribution in [0.1, 0.15) is 16.8 Å². The number of fused-ring (bicyclic) bond motifs is 4. The van der Waals surface area contributed by atoms with E-state index in [-0.39, 0.29) is 20.1 Å². The average Bonchev–Trinajstić information content (AvgIpc) is 3.44. The average molecular weight is 761 g/mol. The van der Waals surface area contributed by atoms with Gasteiger partial charge in [0, 0.05) is 55.2 Å². The van der Waals surface area contributed by atoms with Gasteiger partial charge in [-0.3, -0.25) is 4.98 Å². The standard InChI is InChI=1S/C27H18N3O.C12H10N.Ir/c1-16-15-29-25(14-23(16)18-9-11-24-19(13-18)5-4-12-28-24)22-7-3-6-20-21-10-8-17(2)30-27(21)31-26(20)22;1-10-7-8-12(13-9-10)11-5-3-2-4-6-11;/h3-6,8-15H,1-2H3;2-5,7-9H,1H3;/q2*-1;. The molecule has 0 N–H and O–H groups in total. The number of hydrogen-bond acceptors (Lipinski definition) is 5. The summed E-state index contributed by atoms with van der Waals surface area (Å²) in [7, 11) is 0. The van der Waals surface area contributed by atoms with Gasteiger partial charge in [-0.25, -0.2) is 4.98 Å². The van der Waals surface area contributed by atoms with Gasteiger partial charge < -0.3 is 14.4 Å². The van der Waals surface area contributed by atoms with Crippen LogP contribution in [-0.4, -0.2) is 19.9 Å². The van der Waals surface area contributed by atoms with E-state index in [2.05, 4.69) is 76.5 Å². The summed E-state index contributed by atoms with van der Waals surface area (Å²) in [5.74, 6) is 0. The van der Waals surface area contributed by atoms with Gasteiger partial charge in [0.1, 0.15) is 0 Å². The van der Waals surface area contributed by atoms with Gasteiger partial charge in [0.15, 0.2) is 0 Å². The van der Waals surface area contributed by atoms with Crippen molar-refractivity contribution in [1.29, 1.82) is 0 Å². The summed E-state index contributed by atoms with van der Waals surface area (Å²) >= 11 is 0. The van der Waals surface area contributed by atoms with Crippen molar-refractivity contribution in [2.24, 2.45) is 0 Å². The van der Waals surface area contributed by atoms with Gasteiger partial charge >= 0.3 is 0 Å². The Kier molecular flexibility index (Phi) is 8.61. The van der Waals surface area contributed by atoms with Gasteiger partial charge in [0.05, 0.1) is 11.1 Å². The SMILES string of the molecule is Cc1ccc(-c2[c-]cccc2)nc1.Cc1ccc2c(n1)oc1c(-c3cc(-c4ccc5ncccc5c4)c(C)cn3)[c-]ccc12.[Ir]. The molecule has 3 aromatic carbocycles. The molecule has 5 heterocycles. The van der Waals surface area contributed by atoms with Crippen LogP contribution in [0.25, 0.3) is 66.6 Å². The maximum atomic E-state index is 6.16. The second-order valence-corrected chi connectivity index (χ2v) is 10.8. The molecule has 8 aromatic rings. The van der Waals surface area contributed by atoms with E-state index in [9.17, 15) is 0 Å². The van der Waals surface area contributed by atoms with Gasteiger partial charge in [0.2, 0.25) is 5.71 Å². The predicted octanol–water partition coefficient (Wildman–Crippen LogP) is 9.53. The minimum absolute atomic E-state index is 0. The fourth-order valence-electron chi connectivity index (χ4n) is 5.30. The third-order valence-corrected chi connectivity index (χ3v) is 7.61.